The summed E-state index contributed by atoms with van der Waals surface area (Å²) in [5.41, 5.74) is 0.308. The minimum atomic E-state index is -1.14. The summed E-state index contributed by atoms with van der Waals surface area (Å²) in [5, 5.41) is 42.4. The Kier molecular flexibility index (Phi) is 5.65. The SMILES string of the molecule is N#Cc1nc(NC(CO)C(O)c2ccc([N+](=O)[O-])cc2)ccc1Cl. The minimum absolute atomic E-state index is 0.0168. The van der Waals surface area contributed by atoms with E-state index >= 15 is 0 Å². The second-order valence-electron chi connectivity index (χ2n) is 4.87. The van der Waals surface area contributed by atoms with Gasteiger partial charge in [-0.2, -0.15) is 5.26 Å². The summed E-state index contributed by atoms with van der Waals surface area (Å²) in [4.78, 5) is 14.1. The van der Waals surface area contributed by atoms with Gasteiger partial charge in [-0.25, -0.2) is 4.98 Å². The van der Waals surface area contributed by atoms with Gasteiger partial charge in [-0.05, 0) is 29.8 Å². The summed E-state index contributed by atoms with van der Waals surface area (Å²) in [6.45, 7) is -0.426. The fourth-order valence-electron chi connectivity index (χ4n) is 2.04. The molecule has 0 aliphatic carbocycles. The molecule has 8 nitrogen and oxygen atoms in total. The summed E-state index contributed by atoms with van der Waals surface area (Å²) in [6.07, 6.45) is -1.14. The predicted octanol–water partition coefficient (Wildman–Crippen LogP) is 2.02. The number of aliphatic hydroxyl groups is 2. The van der Waals surface area contributed by atoms with E-state index in [9.17, 15) is 20.3 Å². The third-order valence-corrected chi connectivity index (χ3v) is 3.61. The molecule has 3 N–H and O–H groups in total. The molecule has 0 bridgehead atoms. The second-order valence-corrected chi connectivity index (χ2v) is 5.27. The van der Waals surface area contributed by atoms with Crippen LogP contribution in [-0.2, 0) is 0 Å². The molecule has 2 unspecified atom stereocenters. The first-order chi connectivity index (χ1) is 11.5. The van der Waals surface area contributed by atoms with Crippen LogP contribution in [0.3, 0.4) is 0 Å². The van der Waals surface area contributed by atoms with Crippen LogP contribution in [0.25, 0.3) is 0 Å². The van der Waals surface area contributed by atoms with E-state index in [1.54, 1.807) is 0 Å². The van der Waals surface area contributed by atoms with Crippen LogP contribution in [-0.4, -0.2) is 32.8 Å². The zero-order valence-corrected chi connectivity index (χ0v) is 13.0. The molecule has 0 fully saturated rings. The van der Waals surface area contributed by atoms with Gasteiger partial charge in [-0.1, -0.05) is 11.6 Å². The lowest BCUT2D eigenvalue weighted by atomic mass is 10.0. The summed E-state index contributed by atoms with van der Waals surface area (Å²) in [5.74, 6) is 0.260. The number of halogens is 1. The van der Waals surface area contributed by atoms with E-state index in [1.165, 1.54) is 36.4 Å². The number of nitriles is 1. The van der Waals surface area contributed by atoms with E-state index in [4.69, 9.17) is 16.9 Å². The van der Waals surface area contributed by atoms with E-state index in [-0.39, 0.29) is 22.2 Å². The molecule has 2 aromatic rings. The average Bonchev–Trinajstić information content (AvgIpc) is 2.60. The third kappa shape index (κ3) is 3.97. The maximum absolute atomic E-state index is 10.6. The number of nitrogens with zero attached hydrogens (tertiary/aromatic N) is 3. The van der Waals surface area contributed by atoms with Gasteiger partial charge >= 0.3 is 0 Å². The van der Waals surface area contributed by atoms with Crippen molar-refractivity contribution in [3.8, 4) is 6.07 Å². The standard InChI is InChI=1S/C15H13ClN4O4/c16-11-5-6-14(18-12(11)7-17)19-13(8-21)15(22)9-1-3-10(4-2-9)20(23)24/h1-6,13,15,21-22H,8H2,(H,18,19). The Balaban J connectivity index is 2.18. The number of rotatable bonds is 6. The highest BCUT2D eigenvalue weighted by Crippen LogP contribution is 2.23. The monoisotopic (exact) mass is 348 g/mol. The van der Waals surface area contributed by atoms with E-state index in [0.29, 0.717) is 5.56 Å². The molecular weight excluding hydrogens is 336 g/mol. The highest BCUT2D eigenvalue weighted by Gasteiger charge is 2.21. The van der Waals surface area contributed by atoms with Crippen molar-refractivity contribution in [2.24, 2.45) is 0 Å². The molecule has 9 heteroatoms. The molecule has 1 aromatic heterocycles. The summed E-state index contributed by atoms with van der Waals surface area (Å²) < 4.78 is 0. The van der Waals surface area contributed by atoms with E-state index < -0.39 is 23.7 Å². The number of aromatic nitrogens is 1. The smallest absolute Gasteiger partial charge is 0.269 e. The van der Waals surface area contributed by atoms with Crippen molar-refractivity contribution in [3.05, 3.63) is 62.8 Å². The molecule has 0 saturated heterocycles. The average molecular weight is 349 g/mol. The fraction of sp³-hybridized carbons (Fsp3) is 0.200. The van der Waals surface area contributed by atoms with E-state index in [1.807, 2.05) is 6.07 Å². The largest absolute Gasteiger partial charge is 0.394 e. The van der Waals surface area contributed by atoms with Crippen LogP contribution in [0.5, 0.6) is 0 Å². The molecule has 1 heterocycles. The molecule has 0 aliphatic rings. The van der Waals surface area contributed by atoms with Crippen LogP contribution in [0.2, 0.25) is 5.02 Å². The first-order valence-electron chi connectivity index (χ1n) is 6.82. The molecule has 24 heavy (non-hydrogen) atoms. The van der Waals surface area contributed by atoms with Gasteiger partial charge in [0.1, 0.15) is 18.0 Å². The number of benzene rings is 1. The zero-order valence-electron chi connectivity index (χ0n) is 12.3. The van der Waals surface area contributed by atoms with Gasteiger partial charge in [0.2, 0.25) is 0 Å². The van der Waals surface area contributed by atoms with E-state index in [2.05, 4.69) is 10.3 Å². The van der Waals surface area contributed by atoms with Crippen LogP contribution < -0.4 is 5.32 Å². The Morgan fingerprint density at radius 2 is 2.00 bits per heavy atom. The lowest BCUT2D eigenvalue weighted by molar-refractivity contribution is -0.384. The predicted molar refractivity (Wildman–Crippen MR) is 86.5 cm³/mol. The number of hydrogen-bond acceptors (Lipinski definition) is 7. The van der Waals surface area contributed by atoms with Gasteiger partial charge in [0.25, 0.3) is 5.69 Å². The number of aliphatic hydroxyl groups excluding tert-OH is 2. The first-order valence-corrected chi connectivity index (χ1v) is 7.20. The lowest BCUT2D eigenvalue weighted by Gasteiger charge is -2.23. The topological polar surface area (TPSA) is 132 Å². The maximum Gasteiger partial charge on any atom is 0.269 e. The Bertz CT molecular complexity index is 776. The molecular formula is C15H13ClN4O4. The number of nitrogens with one attached hydrogen (secondary N) is 1. The number of non-ortho nitro benzene ring substituents is 1. The third-order valence-electron chi connectivity index (χ3n) is 3.31. The van der Waals surface area contributed by atoms with Gasteiger partial charge in [-0.3, -0.25) is 10.1 Å². The van der Waals surface area contributed by atoms with E-state index in [0.717, 1.165) is 0 Å². The highest BCUT2D eigenvalue weighted by atomic mass is 35.5. The van der Waals surface area contributed by atoms with Crippen molar-refractivity contribution in [2.75, 3.05) is 11.9 Å². The van der Waals surface area contributed by atoms with Crippen molar-refractivity contribution in [3.63, 3.8) is 0 Å². The number of nitro benzene ring substituents is 1. The van der Waals surface area contributed by atoms with Gasteiger partial charge in [0, 0.05) is 12.1 Å². The molecule has 2 rings (SSSR count). The van der Waals surface area contributed by atoms with Crippen molar-refractivity contribution in [1.82, 2.24) is 4.98 Å². The summed E-state index contributed by atoms with van der Waals surface area (Å²) >= 11 is 5.80. The number of nitro groups is 1. The van der Waals surface area contributed by atoms with Gasteiger partial charge in [-0.15, -0.1) is 0 Å². The molecule has 0 radical (unpaired) electrons. The van der Waals surface area contributed by atoms with Gasteiger partial charge < -0.3 is 15.5 Å². The van der Waals surface area contributed by atoms with Crippen molar-refractivity contribution in [1.29, 1.82) is 5.26 Å². The van der Waals surface area contributed by atoms with Crippen molar-refractivity contribution < 1.29 is 15.1 Å². The van der Waals surface area contributed by atoms with Crippen LogP contribution in [0.1, 0.15) is 17.4 Å². The quantitative estimate of drug-likeness (QED) is 0.537. The molecule has 0 saturated carbocycles. The van der Waals surface area contributed by atoms with Crippen LogP contribution in [0.4, 0.5) is 11.5 Å². The van der Waals surface area contributed by atoms with Crippen LogP contribution in [0, 0.1) is 21.4 Å². The summed E-state index contributed by atoms with van der Waals surface area (Å²) in [7, 11) is 0. The van der Waals surface area contributed by atoms with Crippen LogP contribution >= 0.6 is 11.6 Å². The Morgan fingerprint density at radius 1 is 1.33 bits per heavy atom. The Labute approximate surface area is 142 Å². The maximum atomic E-state index is 10.6. The molecule has 0 amide bonds. The zero-order chi connectivity index (χ0) is 17.7. The number of pyridine rings is 1. The molecule has 1 aromatic carbocycles. The fourth-order valence-corrected chi connectivity index (χ4v) is 2.19. The highest BCUT2D eigenvalue weighted by molar-refractivity contribution is 6.31. The normalized spacial score (nSPS) is 12.9. The minimum Gasteiger partial charge on any atom is -0.394 e. The van der Waals surface area contributed by atoms with Crippen LogP contribution in [0.15, 0.2) is 36.4 Å². The Hall–Kier alpha value is -2.73. The first kappa shape index (κ1) is 17.6. The molecule has 124 valence electrons. The van der Waals surface area contributed by atoms with Crippen molar-refractivity contribution >= 4 is 23.1 Å². The Morgan fingerprint density at radius 3 is 2.54 bits per heavy atom. The molecule has 2 atom stereocenters. The van der Waals surface area contributed by atoms with Gasteiger partial charge in [0.15, 0.2) is 5.69 Å². The lowest BCUT2D eigenvalue weighted by Crippen LogP contribution is -2.31. The number of hydrogen-bond donors (Lipinski definition) is 3. The molecule has 0 spiro atoms. The van der Waals surface area contributed by atoms with Gasteiger partial charge in [0.05, 0.1) is 22.6 Å². The molecule has 0 aliphatic heterocycles. The number of anilines is 1. The summed E-state index contributed by atoms with van der Waals surface area (Å²) in [6, 6.07) is 9.33. The second kappa shape index (κ2) is 7.70. The van der Waals surface area contributed by atoms with Crippen molar-refractivity contribution in [2.45, 2.75) is 12.1 Å².